The summed E-state index contributed by atoms with van der Waals surface area (Å²) >= 11 is 0. The number of carbonyl (C=O) groups excluding carboxylic acids is 1. The molecular weight excluding hydrogens is 478 g/mol. The van der Waals surface area contributed by atoms with Crippen molar-refractivity contribution in [2.75, 3.05) is 24.5 Å². The number of rotatable bonds is 2. The van der Waals surface area contributed by atoms with Crippen molar-refractivity contribution in [3.63, 3.8) is 0 Å². The number of nitrogens with one attached hydrogen (secondary N) is 2. The highest BCUT2D eigenvalue weighted by Crippen LogP contribution is 2.42. The van der Waals surface area contributed by atoms with E-state index < -0.39 is 29.4 Å². The highest BCUT2D eigenvalue weighted by molar-refractivity contribution is 6.02. The molecule has 0 radical (unpaired) electrons. The van der Waals surface area contributed by atoms with Crippen LogP contribution in [0.5, 0.6) is 0 Å². The number of aromatic amines is 1. The molecule has 2 aliphatic rings. The number of aryl methyl sites for hydroxylation is 1. The fourth-order valence-electron chi connectivity index (χ4n) is 4.42. The minimum Gasteiger partial charge on any atom is -0.361 e. The molecule has 0 aliphatic carbocycles. The number of amides is 2. The van der Waals surface area contributed by atoms with E-state index in [0.717, 1.165) is 6.07 Å². The molecule has 184 valence electrons. The molecule has 1 atom stereocenters. The standard InChI is InChI=1S/C22H18F6N6O/c1-11-8-14-18(31-11)15(13-3-2-12(21(23,24)25)9-16(13)22(26,27)28)10-30-19(14)34-6-4-17(32-34)33-7-5-29-20(33)35/h2-4,6,8-9,15,31H,5,7,10H2,1H3,(H,29,35). The van der Waals surface area contributed by atoms with Crippen molar-refractivity contribution in [3.8, 4) is 0 Å². The normalized spacial score (nSPS) is 18.5. The molecule has 2 amide bonds. The van der Waals surface area contributed by atoms with Crippen molar-refractivity contribution >= 4 is 17.7 Å². The van der Waals surface area contributed by atoms with Crippen LogP contribution in [0.15, 0.2) is 41.5 Å². The summed E-state index contributed by atoms with van der Waals surface area (Å²) in [5, 5.41) is 7.07. The monoisotopic (exact) mass is 496 g/mol. The number of H-pyrrole nitrogens is 1. The molecule has 1 aromatic carbocycles. The second-order valence-electron chi connectivity index (χ2n) is 8.30. The zero-order valence-corrected chi connectivity index (χ0v) is 18.1. The van der Waals surface area contributed by atoms with E-state index in [0.29, 0.717) is 47.8 Å². The van der Waals surface area contributed by atoms with Crippen LogP contribution in [-0.4, -0.2) is 46.3 Å². The van der Waals surface area contributed by atoms with Crippen molar-refractivity contribution in [1.29, 1.82) is 0 Å². The van der Waals surface area contributed by atoms with Crippen LogP contribution in [0.1, 0.15) is 39.6 Å². The maximum atomic E-state index is 13.8. The predicted octanol–water partition coefficient (Wildman–Crippen LogP) is 4.53. The molecule has 2 N–H and O–H groups in total. The Bertz CT molecular complexity index is 1330. The molecule has 4 heterocycles. The van der Waals surface area contributed by atoms with E-state index in [1.165, 1.54) is 9.58 Å². The van der Waals surface area contributed by atoms with Crippen LogP contribution in [0.25, 0.3) is 0 Å². The Morgan fingerprint density at radius 2 is 1.83 bits per heavy atom. The lowest BCUT2D eigenvalue weighted by Crippen LogP contribution is -2.29. The largest absolute Gasteiger partial charge is 0.416 e. The number of alkyl halides is 6. The number of fused-ring (bicyclic) bond motifs is 1. The zero-order chi connectivity index (χ0) is 25.1. The van der Waals surface area contributed by atoms with Gasteiger partial charge in [-0.1, -0.05) is 6.07 Å². The number of halogens is 6. The summed E-state index contributed by atoms with van der Waals surface area (Å²) in [5.74, 6) is -0.201. The minimum atomic E-state index is -4.99. The lowest BCUT2D eigenvalue weighted by molar-refractivity contribution is -0.143. The van der Waals surface area contributed by atoms with Gasteiger partial charge in [0.2, 0.25) is 0 Å². The summed E-state index contributed by atoms with van der Waals surface area (Å²) in [4.78, 5) is 20.9. The molecule has 13 heteroatoms. The lowest BCUT2D eigenvalue weighted by Gasteiger charge is -2.25. The van der Waals surface area contributed by atoms with Gasteiger partial charge in [0.05, 0.1) is 17.7 Å². The molecule has 1 saturated heterocycles. The van der Waals surface area contributed by atoms with E-state index in [4.69, 9.17) is 0 Å². The van der Waals surface area contributed by atoms with Crippen molar-refractivity contribution in [2.45, 2.75) is 25.2 Å². The molecule has 1 fully saturated rings. The van der Waals surface area contributed by atoms with Gasteiger partial charge in [-0.05, 0) is 30.7 Å². The lowest BCUT2D eigenvalue weighted by atomic mass is 9.87. The molecule has 1 unspecified atom stereocenters. The fourth-order valence-corrected chi connectivity index (χ4v) is 4.42. The van der Waals surface area contributed by atoms with Crippen LogP contribution < -0.4 is 10.2 Å². The van der Waals surface area contributed by atoms with Crippen molar-refractivity contribution < 1.29 is 31.1 Å². The Kier molecular flexibility index (Phi) is 5.18. The summed E-state index contributed by atoms with van der Waals surface area (Å²) in [5.41, 5.74) is -1.50. The van der Waals surface area contributed by atoms with Gasteiger partial charge in [-0.25, -0.2) is 9.48 Å². The van der Waals surface area contributed by atoms with Crippen LogP contribution in [-0.2, 0) is 12.4 Å². The van der Waals surface area contributed by atoms with Gasteiger partial charge < -0.3 is 10.3 Å². The molecule has 3 aromatic rings. The van der Waals surface area contributed by atoms with Gasteiger partial charge in [0.1, 0.15) is 0 Å². The molecule has 0 bridgehead atoms. The van der Waals surface area contributed by atoms with Crippen molar-refractivity contribution in [2.24, 2.45) is 4.99 Å². The smallest absolute Gasteiger partial charge is 0.361 e. The van der Waals surface area contributed by atoms with E-state index in [9.17, 15) is 31.1 Å². The van der Waals surface area contributed by atoms with Gasteiger partial charge >= 0.3 is 18.4 Å². The van der Waals surface area contributed by atoms with Gasteiger partial charge in [0.15, 0.2) is 11.7 Å². The first-order chi connectivity index (χ1) is 16.4. The topological polar surface area (TPSA) is 78.3 Å². The van der Waals surface area contributed by atoms with E-state index in [1.54, 1.807) is 25.3 Å². The van der Waals surface area contributed by atoms with E-state index >= 15 is 0 Å². The van der Waals surface area contributed by atoms with E-state index in [2.05, 4.69) is 20.4 Å². The summed E-state index contributed by atoms with van der Waals surface area (Å²) < 4.78 is 82.2. The van der Waals surface area contributed by atoms with Gasteiger partial charge in [-0.15, -0.1) is 5.10 Å². The summed E-state index contributed by atoms with van der Waals surface area (Å²) in [7, 11) is 0. The highest BCUT2D eigenvalue weighted by Gasteiger charge is 2.41. The Balaban J connectivity index is 1.56. The number of nitrogens with zero attached hydrogens (tertiary/aromatic N) is 4. The van der Waals surface area contributed by atoms with Crippen molar-refractivity contribution in [1.82, 2.24) is 20.1 Å². The Labute approximate surface area is 194 Å². The number of hydrogen-bond acceptors (Lipinski definition) is 3. The van der Waals surface area contributed by atoms with Crippen LogP contribution in [0.4, 0.5) is 37.0 Å². The molecule has 0 saturated carbocycles. The quantitative estimate of drug-likeness (QED) is 0.512. The van der Waals surface area contributed by atoms with Crippen LogP contribution in [0, 0.1) is 6.92 Å². The maximum absolute atomic E-state index is 13.8. The number of carbonyl (C=O) groups is 1. The third kappa shape index (κ3) is 4.04. The van der Waals surface area contributed by atoms with Crippen LogP contribution in [0.2, 0.25) is 0 Å². The summed E-state index contributed by atoms with van der Waals surface area (Å²) in [6.45, 7) is 2.49. The molecule has 2 aromatic heterocycles. The number of aromatic nitrogens is 3. The third-order valence-corrected chi connectivity index (χ3v) is 5.98. The second kappa shape index (κ2) is 7.89. The van der Waals surface area contributed by atoms with Gasteiger partial charge in [-0.3, -0.25) is 9.89 Å². The van der Waals surface area contributed by atoms with Crippen molar-refractivity contribution in [3.05, 3.63) is 70.2 Å². The Morgan fingerprint density at radius 1 is 1.06 bits per heavy atom. The SMILES string of the molecule is Cc1cc2c([nH]1)C(c1ccc(C(F)(F)F)cc1C(F)(F)F)CN=C2n1ccc(N2CCNC2=O)n1. The number of hydrogen-bond donors (Lipinski definition) is 2. The number of benzene rings is 1. The number of anilines is 1. The Hall–Kier alpha value is -3.77. The average molecular weight is 496 g/mol. The fraction of sp³-hybridized carbons (Fsp3) is 0.318. The minimum absolute atomic E-state index is 0.143. The van der Waals surface area contributed by atoms with E-state index in [-0.39, 0.29) is 24.2 Å². The molecule has 0 spiro atoms. The molecule has 5 rings (SSSR count). The third-order valence-electron chi connectivity index (χ3n) is 5.98. The first-order valence-electron chi connectivity index (χ1n) is 10.6. The predicted molar refractivity (Wildman–Crippen MR) is 114 cm³/mol. The van der Waals surface area contributed by atoms with E-state index in [1.807, 2.05) is 0 Å². The first-order valence-corrected chi connectivity index (χ1v) is 10.6. The Morgan fingerprint density at radius 3 is 2.49 bits per heavy atom. The maximum Gasteiger partial charge on any atom is 0.416 e. The van der Waals surface area contributed by atoms with Gasteiger partial charge in [0.25, 0.3) is 0 Å². The summed E-state index contributed by atoms with van der Waals surface area (Å²) in [6.07, 6.45) is -8.31. The van der Waals surface area contributed by atoms with Gasteiger partial charge in [0, 0.05) is 48.2 Å². The second-order valence-corrected chi connectivity index (χ2v) is 8.30. The van der Waals surface area contributed by atoms with Gasteiger partial charge in [-0.2, -0.15) is 26.3 Å². The highest BCUT2D eigenvalue weighted by atomic mass is 19.4. The molecular formula is C22H18F6N6O. The van der Waals surface area contributed by atoms with Crippen LogP contribution >= 0.6 is 0 Å². The number of aliphatic imine (C=N–C) groups is 1. The summed E-state index contributed by atoms with van der Waals surface area (Å²) in [6, 6.07) is 4.69. The zero-order valence-electron chi connectivity index (χ0n) is 18.1. The first kappa shape index (κ1) is 23.0. The molecule has 7 nitrogen and oxygen atoms in total. The molecule has 2 aliphatic heterocycles. The molecule has 35 heavy (non-hydrogen) atoms. The average Bonchev–Trinajstić information content (AvgIpc) is 3.50. The number of urea groups is 1. The van der Waals surface area contributed by atoms with Crippen LogP contribution in [0.3, 0.4) is 0 Å².